The highest BCUT2D eigenvalue weighted by Crippen LogP contribution is 2.20. The van der Waals surface area contributed by atoms with Crippen LogP contribution in [0.4, 0.5) is 5.82 Å². The molecule has 21 heavy (non-hydrogen) atoms. The molecule has 0 aliphatic heterocycles. The van der Waals surface area contributed by atoms with Crippen molar-refractivity contribution in [3.8, 4) is 0 Å². The van der Waals surface area contributed by atoms with Crippen LogP contribution >= 0.6 is 0 Å². The van der Waals surface area contributed by atoms with Crippen LogP contribution < -0.4 is 5.32 Å². The summed E-state index contributed by atoms with van der Waals surface area (Å²) >= 11 is 0. The van der Waals surface area contributed by atoms with Gasteiger partial charge in [-0.25, -0.2) is 14.8 Å². The summed E-state index contributed by atoms with van der Waals surface area (Å²) in [7, 11) is 1.72. The first-order valence-electron chi connectivity index (χ1n) is 6.48. The number of carbonyl (C=O) groups excluding carboxylic acids is 1. The number of nitrogens with zero attached hydrogens (tertiary/aromatic N) is 3. The average molecular weight is 288 g/mol. The van der Waals surface area contributed by atoms with Gasteiger partial charge in [0.15, 0.2) is 0 Å². The van der Waals surface area contributed by atoms with Gasteiger partial charge in [-0.1, -0.05) is 0 Å². The van der Waals surface area contributed by atoms with Crippen molar-refractivity contribution in [2.45, 2.75) is 6.92 Å². The van der Waals surface area contributed by atoms with Crippen LogP contribution in [-0.2, 0) is 4.79 Å². The van der Waals surface area contributed by atoms with Gasteiger partial charge in [0.1, 0.15) is 12.1 Å². The summed E-state index contributed by atoms with van der Waals surface area (Å²) in [4.78, 5) is 32.5. The van der Waals surface area contributed by atoms with E-state index in [0.717, 1.165) is 0 Å². The van der Waals surface area contributed by atoms with E-state index in [-0.39, 0.29) is 18.0 Å². The lowest BCUT2D eigenvalue weighted by molar-refractivity contribution is -0.127. The summed E-state index contributed by atoms with van der Waals surface area (Å²) in [6.07, 6.45) is 1.34. The van der Waals surface area contributed by atoms with E-state index in [0.29, 0.717) is 23.3 Å². The number of rotatable bonds is 5. The van der Waals surface area contributed by atoms with Crippen molar-refractivity contribution >= 4 is 28.6 Å². The van der Waals surface area contributed by atoms with Gasteiger partial charge in [0.05, 0.1) is 17.6 Å². The molecule has 0 atom stereocenters. The fourth-order valence-electron chi connectivity index (χ4n) is 1.80. The minimum atomic E-state index is -1.01. The van der Waals surface area contributed by atoms with Crippen LogP contribution in [0.1, 0.15) is 17.3 Å². The number of fused-ring (bicyclic) bond motifs is 1. The first-order chi connectivity index (χ1) is 10.0. The van der Waals surface area contributed by atoms with Gasteiger partial charge < -0.3 is 15.3 Å². The molecule has 7 nitrogen and oxygen atoms in total. The predicted molar refractivity (Wildman–Crippen MR) is 78.3 cm³/mol. The third-order valence-electron chi connectivity index (χ3n) is 3.19. The Bertz CT molecular complexity index is 687. The molecular weight excluding hydrogens is 272 g/mol. The van der Waals surface area contributed by atoms with E-state index in [1.807, 2.05) is 6.92 Å². The third kappa shape index (κ3) is 3.25. The molecule has 110 valence electrons. The Labute approximate surface area is 121 Å². The highest BCUT2D eigenvalue weighted by Gasteiger charge is 2.10. The standard InChI is InChI=1S/C14H16N4O3/c1-3-18(2)12(19)7-15-13-10-5-4-9(14(20)21)6-11(10)16-8-17-13/h4-6,8H,3,7H2,1-2H3,(H,20,21)(H,15,16,17). The molecule has 0 unspecified atom stereocenters. The molecule has 0 aliphatic carbocycles. The van der Waals surface area contributed by atoms with Gasteiger partial charge in [0, 0.05) is 19.0 Å². The van der Waals surface area contributed by atoms with E-state index in [1.54, 1.807) is 18.0 Å². The summed E-state index contributed by atoms with van der Waals surface area (Å²) in [5.74, 6) is -0.550. The number of carboxylic acids is 1. The van der Waals surface area contributed by atoms with Crippen molar-refractivity contribution in [3.63, 3.8) is 0 Å². The largest absolute Gasteiger partial charge is 0.478 e. The summed E-state index contributed by atoms with van der Waals surface area (Å²) in [6.45, 7) is 2.65. The third-order valence-corrected chi connectivity index (χ3v) is 3.19. The maximum Gasteiger partial charge on any atom is 0.335 e. The number of carbonyl (C=O) groups is 2. The quantitative estimate of drug-likeness (QED) is 0.859. The lowest BCUT2D eigenvalue weighted by Crippen LogP contribution is -2.32. The smallest absolute Gasteiger partial charge is 0.335 e. The molecule has 0 aliphatic rings. The molecule has 0 bridgehead atoms. The Morgan fingerprint density at radius 3 is 2.76 bits per heavy atom. The fourth-order valence-corrected chi connectivity index (χ4v) is 1.80. The topological polar surface area (TPSA) is 95.4 Å². The summed E-state index contributed by atoms with van der Waals surface area (Å²) in [6, 6.07) is 4.60. The fraction of sp³-hybridized carbons (Fsp3) is 0.286. The molecule has 2 N–H and O–H groups in total. The summed E-state index contributed by atoms with van der Waals surface area (Å²) < 4.78 is 0. The molecule has 1 heterocycles. The predicted octanol–water partition coefficient (Wildman–Crippen LogP) is 1.22. The minimum absolute atomic E-state index is 0.0496. The van der Waals surface area contributed by atoms with Crippen molar-refractivity contribution in [2.24, 2.45) is 0 Å². The van der Waals surface area contributed by atoms with E-state index in [4.69, 9.17) is 5.11 Å². The second kappa shape index (κ2) is 6.17. The number of likely N-dealkylation sites (N-methyl/N-ethyl adjacent to an activating group) is 1. The maximum absolute atomic E-state index is 11.8. The first-order valence-corrected chi connectivity index (χ1v) is 6.48. The molecular formula is C14H16N4O3. The zero-order valence-electron chi connectivity index (χ0n) is 11.8. The highest BCUT2D eigenvalue weighted by atomic mass is 16.4. The van der Waals surface area contributed by atoms with Crippen molar-refractivity contribution in [2.75, 3.05) is 25.5 Å². The molecule has 1 amide bonds. The maximum atomic E-state index is 11.8. The second-order valence-corrected chi connectivity index (χ2v) is 4.52. The van der Waals surface area contributed by atoms with Gasteiger partial charge >= 0.3 is 5.97 Å². The molecule has 2 rings (SSSR count). The first kappa shape index (κ1) is 14.7. The van der Waals surface area contributed by atoms with Gasteiger partial charge in [0.25, 0.3) is 0 Å². The number of benzene rings is 1. The van der Waals surface area contributed by atoms with Crippen LogP contribution in [0.15, 0.2) is 24.5 Å². The van der Waals surface area contributed by atoms with E-state index in [9.17, 15) is 9.59 Å². The zero-order chi connectivity index (χ0) is 15.4. The Balaban J connectivity index is 2.25. The van der Waals surface area contributed by atoms with Gasteiger partial charge in [-0.15, -0.1) is 0 Å². The Kier molecular flexibility index (Phi) is 4.32. The lowest BCUT2D eigenvalue weighted by atomic mass is 10.1. The normalized spacial score (nSPS) is 10.4. The highest BCUT2D eigenvalue weighted by molar-refractivity contribution is 5.96. The number of aromatic carboxylic acids is 1. The van der Waals surface area contributed by atoms with E-state index >= 15 is 0 Å². The number of nitrogens with one attached hydrogen (secondary N) is 1. The number of carboxylic acid groups (broad SMARTS) is 1. The molecule has 0 saturated heterocycles. The van der Waals surface area contributed by atoms with Gasteiger partial charge in [-0.05, 0) is 25.1 Å². The molecule has 0 saturated carbocycles. The summed E-state index contributed by atoms with van der Waals surface area (Å²) in [5, 5.41) is 12.6. The van der Waals surface area contributed by atoms with Crippen molar-refractivity contribution in [1.29, 1.82) is 0 Å². The van der Waals surface area contributed by atoms with E-state index < -0.39 is 5.97 Å². The van der Waals surface area contributed by atoms with E-state index in [2.05, 4.69) is 15.3 Å². The van der Waals surface area contributed by atoms with Crippen LogP contribution in [0.3, 0.4) is 0 Å². The minimum Gasteiger partial charge on any atom is -0.478 e. The van der Waals surface area contributed by atoms with Crippen LogP contribution in [0.5, 0.6) is 0 Å². The molecule has 1 aromatic carbocycles. The summed E-state index contributed by atoms with van der Waals surface area (Å²) in [5.41, 5.74) is 0.678. The molecule has 1 aromatic heterocycles. The Morgan fingerprint density at radius 2 is 2.10 bits per heavy atom. The van der Waals surface area contributed by atoms with Gasteiger partial charge in [-0.2, -0.15) is 0 Å². The molecule has 0 spiro atoms. The van der Waals surface area contributed by atoms with Crippen molar-refractivity contribution in [1.82, 2.24) is 14.9 Å². The van der Waals surface area contributed by atoms with Gasteiger partial charge in [-0.3, -0.25) is 4.79 Å². The number of amides is 1. The monoisotopic (exact) mass is 288 g/mol. The van der Waals surface area contributed by atoms with Crippen molar-refractivity contribution in [3.05, 3.63) is 30.1 Å². The zero-order valence-corrected chi connectivity index (χ0v) is 11.8. The lowest BCUT2D eigenvalue weighted by Gasteiger charge is -2.15. The second-order valence-electron chi connectivity index (χ2n) is 4.52. The number of anilines is 1. The Hall–Kier alpha value is -2.70. The molecule has 0 radical (unpaired) electrons. The number of hydrogen-bond acceptors (Lipinski definition) is 5. The van der Waals surface area contributed by atoms with Crippen molar-refractivity contribution < 1.29 is 14.7 Å². The van der Waals surface area contributed by atoms with Crippen LogP contribution in [0.2, 0.25) is 0 Å². The van der Waals surface area contributed by atoms with Crippen LogP contribution in [0.25, 0.3) is 10.9 Å². The molecule has 2 aromatic rings. The Morgan fingerprint density at radius 1 is 1.33 bits per heavy atom. The van der Waals surface area contributed by atoms with Crippen LogP contribution in [-0.4, -0.2) is 52.0 Å². The van der Waals surface area contributed by atoms with E-state index in [1.165, 1.54) is 18.5 Å². The number of aromatic nitrogens is 2. The molecule has 0 fully saturated rings. The molecule has 7 heteroatoms. The number of hydrogen-bond donors (Lipinski definition) is 2. The van der Waals surface area contributed by atoms with Gasteiger partial charge in [0.2, 0.25) is 5.91 Å². The SMILES string of the molecule is CCN(C)C(=O)CNc1ncnc2cc(C(=O)O)ccc12. The average Bonchev–Trinajstić information content (AvgIpc) is 2.50. The van der Waals surface area contributed by atoms with Crippen LogP contribution in [0, 0.1) is 0 Å².